The van der Waals surface area contributed by atoms with Crippen molar-refractivity contribution < 1.29 is 23.4 Å². The maximum absolute atomic E-state index is 15.0. The highest BCUT2D eigenvalue weighted by Gasteiger charge is 2.32. The number of halogens is 2. The lowest BCUT2D eigenvalue weighted by Crippen LogP contribution is -2.35. The molecule has 2 fully saturated rings. The van der Waals surface area contributed by atoms with Gasteiger partial charge in [-0.2, -0.15) is 0 Å². The van der Waals surface area contributed by atoms with E-state index in [0.29, 0.717) is 55.9 Å². The van der Waals surface area contributed by atoms with Gasteiger partial charge < -0.3 is 14.7 Å². The first-order valence-corrected chi connectivity index (χ1v) is 11.0. The van der Waals surface area contributed by atoms with E-state index in [-0.39, 0.29) is 23.5 Å². The summed E-state index contributed by atoms with van der Waals surface area (Å²) in [5.41, 5.74) is 1.29. The highest BCUT2D eigenvalue weighted by atomic mass is 19.1. The summed E-state index contributed by atoms with van der Waals surface area (Å²) in [5, 5.41) is 10.3. The summed E-state index contributed by atoms with van der Waals surface area (Å²) in [6.45, 7) is 3.10. The number of ether oxygens (including phenoxy) is 1. The fourth-order valence-corrected chi connectivity index (χ4v) is 4.26. The Hall–Kier alpha value is -2.54. The van der Waals surface area contributed by atoms with Crippen LogP contribution in [0.15, 0.2) is 30.3 Å². The third kappa shape index (κ3) is 5.03. The van der Waals surface area contributed by atoms with E-state index >= 15 is 0 Å². The summed E-state index contributed by atoms with van der Waals surface area (Å²) >= 11 is 0. The van der Waals surface area contributed by atoms with Crippen LogP contribution in [0.25, 0.3) is 11.3 Å². The molecule has 1 aliphatic carbocycles. The van der Waals surface area contributed by atoms with Crippen molar-refractivity contribution in [3.8, 4) is 11.3 Å². The molecular formula is C24H28F2N2O3. The second kappa shape index (κ2) is 9.30. The minimum absolute atomic E-state index is 0.0347. The fraction of sp³-hybridized carbons (Fsp3) is 0.500. The van der Waals surface area contributed by atoms with Crippen LogP contribution in [0.2, 0.25) is 0 Å². The second-order valence-electron chi connectivity index (χ2n) is 8.46. The summed E-state index contributed by atoms with van der Waals surface area (Å²) < 4.78 is 34.9. The number of aliphatic hydroxyl groups excluding tert-OH is 1. The quantitative estimate of drug-likeness (QED) is 0.649. The monoisotopic (exact) mass is 430 g/mol. The third-order valence-corrected chi connectivity index (χ3v) is 6.15. The number of hydrogen-bond acceptors (Lipinski definition) is 5. The number of aromatic nitrogens is 1. The number of nitrogens with zero attached hydrogens (tertiary/aromatic N) is 2. The molecule has 0 spiro atoms. The van der Waals surface area contributed by atoms with Crippen molar-refractivity contribution in [3.05, 3.63) is 47.7 Å². The van der Waals surface area contributed by atoms with E-state index in [2.05, 4.69) is 4.98 Å². The smallest absolute Gasteiger partial charge is 0.306 e. The molecule has 2 aliphatic rings. The number of pyridine rings is 1. The van der Waals surface area contributed by atoms with E-state index in [4.69, 9.17) is 4.74 Å². The van der Waals surface area contributed by atoms with E-state index in [1.165, 1.54) is 12.1 Å². The Bertz CT molecular complexity index is 917. The number of carbonyl (C=O) groups is 1. The second-order valence-corrected chi connectivity index (χ2v) is 8.46. The molecular weight excluding hydrogens is 402 g/mol. The highest BCUT2D eigenvalue weighted by molar-refractivity contribution is 5.69. The van der Waals surface area contributed by atoms with Crippen molar-refractivity contribution >= 4 is 11.7 Å². The van der Waals surface area contributed by atoms with Crippen molar-refractivity contribution in [3.63, 3.8) is 0 Å². The predicted octanol–water partition coefficient (Wildman–Crippen LogP) is 4.64. The number of anilines is 1. The predicted molar refractivity (Wildman–Crippen MR) is 113 cm³/mol. The molecule has 1 saturated heterocycles. The largest absolute Gasteiger partial charge is 0.466 e. The molecule has 0 radical (unpaired) electrons. The number of carbonyl (C=O) groups excluding carboxylic acids is 1. The Kier molecular flexibility index (Phi) is 6.51. The first kappa shape index (κ1) is 21.7. The standard InChI is InChI=1S/C24H28F2N2O3/c1-2-31-22(29)12-15-8-10-28(11-9-15)23-18(25)13-17(14-19(23)26)20-4-3-5-21(27-20)24(30)16-6-7-16/h3-5,13-16,24,30H,2,6-12H2,1H3. The molecule has 1 unspecified atom stereocenters. The summed E-state index contributed by atoms with van der Waals surface area (Å²) in [5.74, 6) is -1.08. The van der Waals surface area contributed by atoms with Crippen molar-refractivity contribution in [2.24, 2.45) is 11.8 Å². The average molecular weight is 430 g/mol. The van der Waals surface area contributed by atoms with E-state index in [1.807, 2.05) is 0 Å². The third-order valence-electron chi connectivity index (χ3n) is 6.15. The minimum Gasteiger partial charge on any atom is -0.466 e. The average Bonchev–Trinajstić information content (AvgIpc) is 3.59. The molecule has 5 nitrogen and oxygen atoms in total. The zero-order valence-electron chi connectivity index (χ0n) is 17.7. The molecule has 0 bridgehead atoms. The minimum atomic E-state index is -0.634. The number of hydrogen-bond donors (Lipinski definition) is 1. The lowest BCUT2D eigenvalue weighted by molar-refractivity contribution is -0.144. The zero-order valence-corrected chi connectivity index (χ0v) is 17.7. The van der Waals surface area contributed by atoms with Crippen LogP contribution in [0.5, 0.6) is 0 Å². The first-order chi connectivity index (χ1) is 15.0. The Labute approximate surface area is 181 Å². The van der Waals surface area contributed by atoms with Crippen LogP contribution in [0, 0.1) is 23.5 Å². The van der Waals surface area contributed by atoms with Gasteiger partial charge in [0.15, 0.2) is 0 Å². The van der Waals surface area contributed by atoms with Crippen molar-refractivity contribution in [1.82, 2.24) is 4.98 Å². The SMILES string of the molecule is CCOC(=O)CC1CCN(c2c(F)cc(-c3cccc(C(O)C4CC4)n3)cc2F)CC1. The lowest BCUT2D eigenvalue weighted by Gasteiger charge is -2.33. The molecule has 2 heterocycles. The van der Waals surface area contributed by atoms with Crippen LogP contribution in [0.3, 0.4) is 0 Å². The van der Waals surface area contributed by atoms with Gasteiger partial charge in [-0.3, -0.25) is 9.78 Å². The molecule has 31 heavy (non-hydrogen) atoms. The van der Waals surface area contributed by atoms with Crippen LogP contribution < -0.4 is 4.90 Å². The van der Waals surface area contributed by atoms with Gasteiger partial charge >= 0.3 is 5.97 Å². The lowest BCUT2D eigenvalue weighted by atomic mass is 9.93. The van der Waals surface area contributed by atoms with E-state index in [9.17, 15) is 18.7 Å². The van der Waals surface area contributed by atoms with Gasteiger partial charge in [0.1, 0.15) is 17.3 Å². The van der Waals surface area contributed by atoms with Gasteiger partial charge in [-0.05, 0) is 68.7 Å². The summed E-state index contributed by atoms with van der Waals surface area (Å²) in [6, 6.07) is 7.80. The van der Waals surface area contributed by atoms with Crippen LogP contribution in [0.1, 0.15) is 50.8 Å². The normalized spacial score (nSPS) is 18.1. The molecule has 1 aromatic heterocycles. The van der Waals surface area contributed by atoms with Gasteiger partial charge in [0, 0.05) is 25.1 Å². The number of aliphatic hydroxyl groups is 1. The Morgan fingerprint density at radius 1 is 1.19 bits per heavy atom. The Balaban J connectivity index is 1.47. The molecule has 166 valence electrons. The van der Waals surface area contributed by atoms with Crippen molar-refractivity contribution in [2.45, 2.75) is 45.1 Å². The highest BCUT2D eigenvalue weighted by Crippen LogP contribution is 2.40. The molecule has 7 heteroatoms. The van der Waals surface area contributed by atoms with Gasteiger partial charge in [0.2, 0.25) is 0 Å². The van der Waals surface area contributed by atoms with Crippen molar-refractivity contribution in [1.29, 1.82) is 0 Å². The van der Waals surface area contributed by atoms with Gasteiger partial charge in [0.25, 0.3) is 0 Å². The molecule has 1 aliphatic heterocycles. The number of benzene rings is 1. The summed E-state index contributed by atoms with van der Waals surface area (Å²) in [7, 11) is 0. The maximum Gasteiger partial charge on any atom is 0.306 e. The van der Waals surface area contributed by atoms with Crippen LogP contribution in [-0.2, 0) is 9.53 Å². The van der Waals surface area contributed by atoms with Gasteiger partial charge in [-0.25, -0.2) is 8.78 Å². The molecule has 2 aromatic rings. The van der Waals surface area contributed by atoms with Crippen LogP contribution in [-0.4, -0.2) is 35.8 Å². The molecule has 1 N–H and O–H groups in total. The van der Waals surface area contributed by atoms with E-state index in [1.54, 1.807) is 30.0 Å². The van der Waals surface area contributed by atoms with Crippen LogP contribution >= 0.6 is 0 Å². The molecule has 1 saturated carbocycles. The maximum atomic E-state index is 15.0. The number of piperidine rings is 1. The molecule has 1 atom stereocenters. The summed E-state index contributed by atoms with van der Waals surface area (Å²) in [6.07, 6.45) is 3.03. The number of esters is 1. The van der Waals surface area contributed by atoms with E-state index < -0.39 is 17.7 Å². The Morgan fingerprint density at radius 2 is 1.87 bits per heavy atom. The first-order valence-electron chi connectivity index (χ1n) is 11.0. The molecule has 4 rings (SSSR count). The molecule has 0 amide bonds. The van der Waals surface area contributed by atoms with Gasteiger partial charge in [-0.1, -0.05) is 6.07 Å². The molecule has 1 aromatic carbocycles. The van der Waals surface area contributed by atoms with Crippen molar-refractivity contribution in [2.75, 3.05) is 24.6 Å². The topological polar surface area (TPSA) is 62.7 Å². The fourth-order valence-electron chi connectivity index (χ4n) is 4.26. The van der Waals surface area contributed by atoms with E-state index in [0.717, 1.165) is 12.8 Å². The summed E-state index contributed by atoms with van der Waals surface area (Å²) in [4.78, 5) is 17.8. The Morgan fingerprint density at radius 3 is 2.48 bits per heavy atom. The van der Waals surface area contributed by atoms with Gasteiger partial charge in [0.05, 0.1) is 24.1 Å². The number of rotatable bonds is 7. The zero-order chi connectivity index (χ0) is 22.0. The van der Waals surface area contributed by atoms with Crippen LogP contribution in [0.4, 0.5) is 14.5 Å². The van der Waals surface area contributed by atoms with Gasteiger partial charge in [-0.15, -0.1) is 0 Å².